The highest BCUT2D eigenvalue weighted by Crippen LogP contribution is 2.36. The van der Waals surface area contributed by atoms with E-state index in [-0.39, 0.29) is 23.0 Å². The number of fused-ring (bicyclic) bond motifs is 1. The number of carbonyl (C=O) groups excluding carboxylic acids is 1. The van der Waals surface area contributed by atoms with E-state index in [0.29, 0.717) is 13.1 Å². The van der Waals surface area contributed by atoms with Gasteiger partial charge >= 0.3 is 0 Å². The first-order valence-corrected chi connectivity index (χ1v) is 13.9. The van der Waals surface area contributed by atoms with Crippen LogP contribution in [0.15, 0.2) is 41.3 Å². The van der Waals surface area contributed by atoms with Crippen molar-refractivity contribution in [3.05, 3.63) is 47.8 Å². The normalized spacial score (nSPS) is 14.9. The van der Waals surface area contributed by atoms with E-state index in [2.05, 4.69) is 22.0 Å². The summed E-state index contributed by atoms with van der Waals surface area (Å²) in [6.07, 6.45) is -0.131. The Bertz CT molecular complexity index is 1290. The number of aromatic nitrogens is 1. The Hall–Kier alpha value is -2.76. The van der Waals surface area contributed by atoms with E-state index in [4.69, 9.17) is 9.72 Å². The van der Waals surface area contributed by atoms with Crippen LogP contribution in [0, 0.1) is 12.7 Å². The zero-order valence-corrected chi connectivity index (χ0v) is 21.4. The minimum Gasteiger partial charge on any atom is -0.494 e. The van der Waals surface area contributed by atoms with Crippen LogP contribution in [0.4, 0.5) is 9.52 Å². The Morgan fingerprint density at radius 1 is 1.14 bits per heavy atom. The van der Waals surface area contributed by atoms with Gasteiger partial charge in [-0.2, -0.15) is 0 Å². The van der Waals surface area contributed by atoms with Crippen molar-refractivity contribution in [1.82, 2.24) is 15.2 Å². The minimum absolute atomic E-state index is 0.0197. The number of ether oxygens (including phenoxy) is 1. The number of hydrogen-bond acceptors (Lipinski definition) is 8. The maximum atomic E-state index is 13.0. The molecular weight excluding hydrogens is 491 g/mol. The average Bonchev–Trinajstić information content (AvgIpc) is 3.30. The summed E-state index contributed by atoms with van der Waals surface area (Å²) in [4.78, 5) is 21.5. The van der Waals surface area contributed by atoms with Crippen LogP contribution in [0.3, 0.4) is 0 Å². The predicted octanol–water partition coefficient (Wildman–Crippen LogP) is 2.85. The molecule has 0 bridgehead atoms. The number of nitrogens with zero attached hydrogens (tertiary/aromatic N) is 3. The number of methoxy groups -OCH3 is 1. The molecule has 0 spiro atoms. The van der Waals surface area contributed by atoms with Crippen LogP contribution in [0.2, 0.25) is 0 Å². The first-order valence-electron chi connectivity index (χ1n) is 11.4. The molecule has 1 aromatic heterocycles. The number of thiazole rings is 1. The zero-order chi connectivity index (χ0) is 25.0. The average molecular weight is 521 g/mol. The first kappa shape index (κ1) is 25.3. The van der Waals surface area contributed by atoms with E-state index >= 15 is 0 Å². The van der Waals surface area contributed by atoms with Gasteiger partial charge in [0.25, 0.3) is 0 Å². The van der Waals surface area contributed by atoms with Crippen molar-refractivity contribution in [2.75, 3.05) is 57.0 Å². The van der Waals surface area contributed by atoms with Gasteiger partial charge < -0.3 is 15.0 Å². The van der Waals surface area contributed by atoms with Crippen molar-refractivity contribution in [3.63, 3.8) is 0 Å². The highest BCUT2D eigenvalue weighted by atomic mass is 32.2. The summed E-state index contributed by atoms with van der Waals surface area (Å²) in [6.45, 7) is 6.59. The number of sulfone groups is 1. The van der Waals surface area contributed by atoms with Crippen molar-refractivity contribution in [2.45, 2.75) is 18.2 Å². The molecule has 0 radical (unpaired) electrons. The van der Waals surface area contributed by atoms with Crippen molar-refractivity contribution in [1.29, 1.82) is 0 Å². The van der Waals surface area contributed by atoms with Crippen molar-refractivity contribution in [2.24, 2.45) is 0 Å². The number of aryl methyl sites for hydroxylation is 1. The lowest BCUT2D eigenvalue weighted by molar-refractivity contribution is -0.120. The smallest absolute Gasteiger partial charge is 0.221 e. The van der Waals surface area contributed by atoms with E-state index in [0.717, 1.165) is 59.4 Å². The number of halogens is 1. The highest BCUT2D eigenvalue weighted by molar-refractivity contribution is 7.91. The molecule has 1 aliphatic rings. The van der Waals surface area contributed by atoms with Gasteiger partial charge in [0.05, 0.1) is 22.5 Å². The highest BCUT2D eigenvalue weighted by Gasteiger charge is 2.22. The third-order valence-corrected chi connectivity index (χ3v) is 9.06. The van der Waals surface area contributed by atoms with Gasteiger partial charge in [-0.3, -0.25) is 9.69 Å². The molecule has 2 aromatic carbocycles. The van der Waals surface area contributed by atoms with Crippen molar-refractivity contribution >= 4 is 42.4 Å². The van der Waals surface area contributed by atoms with E-state index < -0.39 is 15.7 Å². The molecule has 0 saturated carbocycles. The molecule has 35 heavy (non-hydrogen) atoms. The lowest BCUT2D eigenvalue weighted by atomic mass is 10.2. The maximum Gasteiger partial charge on any atom is 0.221 e. The van der Waals surface area contributed by atoms with Gasteiger partial charge in [-0.25, -0.2) is 17.8 Å². The molecule has 3 aromatic rings. The molecule has 1 saturated heterocycles. The summed E-state index contributed by atoms with van der Waals surface area (Å²) >= 11 is 1.68. The summed E-state index contributed by atoms with van der Waals surface area (Å²) in [5.41, 5.74) is 2.09. The van der Waals surface area contributed by atoms with Crippen LogP contribution >= 0.6 is 11.3 Å². The standard InChI is InChI=1S/C24H29FN4O4S2/c1-17-3-8-20(33-2)22-23(17)34-24(27-22)29-14-12-28(13-15-29)11-10-26-21(30)9-16-35(31,32)19-6-4-18(25)5-7-19/h3-8H,9-16H2,1-2H3,(H,26,30). The molecule has 188 valence electrons. The van der Waals surface area contributed by atoms with Gasteiger partial charge in [0.1, 0.15) is 17.1 Å². The van der Waals surface area contributed by atoms with E-state index in [1.54, 1.807) is 18.4 Å². The third kappa shape index (κ3) is 6.09. The van der Waals surface area contributed by atoms with Crippen LogP contribution in [-0.4, -0.2) is 76.3 Å². The summed E-state index contributed by atoms with van der Waals surface area (Å²) in [6, 6.07) is 8.63. The largest absolute Gasteiger partial charge is 0.494 e. The van der Waals surface area contributed by atoms with E-state index in [1.165, 1.54) is 17.7 Å². The Kier molecular flexibility index (Phi) is 7.88. The zero-order valence-electron chi connectivity index (χ0n) is 19.8. The number of hydrogen-bond donors (Lipinski definition) is 1. The van der Waals surface area contributed by atoms with Gasteiger partial charge in [-0.1, -0.05) is 17.4 Å². The molecule has 8 nitrogen and oxygen atoms in total. The molecule has 1 aliphatic heterocycles. The monoisotopic (exact) mass is 520 g/mol. The number of amides is 1. The van der Waals surface area contributed by atoms with E-state index in [1.807, 2.05) is 12.1 Å². The molecule has 11 heteroatoms. The van der Waals surface area contributed by atoms with Crippen LogP contribution < -0.4 is 15.0 Å². The number of carbonyl (C=O) groups is 1. The molecule has 0 aliphatic carbocycles. The van der Waals surface area contributed by atoms with Gasteiger partial charge in [-0.05, 0) is 42.8 Å². The maximum absolute atomic E-state index is 13.0. The Morgan fingerprint density at radius 3 is 2.54 bits per heavy atom. The minimum atomic E-state index is -3.62. The topological polar surface area (TPSA) is 91.8 Å². The van der Waals surface area contributed by atoms with Crippen molar-refractivity contribution < 1.29 is 22.3 Å². The fraction of sp³-hybridized carbons (Fsp3) is 0.417. The second kappa shape index (κ2) is 10.9. The second-order valence-electron chi connectivity index (χ2n) is 8.46. The number of anilines is 1. The second-order valence-corrected chi connectivity index (χ2v) is 11.5. The molecule has 1 N–H and O–H groups in total. The van der Waals surface area contributed by atoms with Gasteiger partial charge in [0.15, 0.2) is 15.0 Å². The van der Waals surface area contributed by atoms with Gasteiger partial charge in [0.2, 0.25) is 5.91 Å². The fourth-order valence-electron chi connectivity index (χ4n) is 3.99. The molecule has 0 unspecified atom stereocenters. The molecule has 1 fully saturated rings. The lowest BCUT2D eigenvalue weighted by Crippen LogP contribution is -2.48. The molecule has 1 amide bonds. The Balaban J connectivity index is 1.21. The summed E-state index contributed by atoms with van der Waals surface area (Å²) in [5, 5.41) is 3.79. The first-order chi connectivity index (χ1) is 16.8. The summed E-state index contributed by atoms with van der Waals surface area (Å²) in [5.74, 6) is -0.339. The van der Waals surface area contributed by atoms with Crippen LogP contribution in [-0.2, 0) is 14.6 Å². The van der Waals surface area contributed by atoms with Crippen LogP contribution in [0.5, 0.6) is 5.75 Å². The number of benzene rings is 2. The number of nitrogens with one attached hydrogen (secondary N) is 1. The molecular formula is C24H29FN4O4S2. The molecule has 0 atom stereocenters. The SMILES string of the molecule is COc1ccc(C)c2sc(N3CCN(CCNC(=O)CCS(=O)(=O)c4ccc(F)cc4)CC3)nc12. The Morgan fingerprint density at radius 2 is 1.86 bits per heavy atom. The summed E-state index contributed by atoms with van der Waals surface area (Å²) in [7, 11) is -1.97. The third-order valence-electron chi connectivity index (χ3n) is 6.08. The van der Waals surface area contributed by atoms with Gasteiger partial charge in [-0.15, -0.1) is 0 Å². The number of rotatable bonds is 9. The van der Waals surface area contributed by atoms with Crippen LogP contribution in [0.1, 0.15) is 12.0 Å². The summed E-state index contributed by atoms with van der Waals surface area (Å²) < 4.78 is 44.2. The molecule has 2 heterocycles. The molecule has 4 rings (SSSR count). The fourth-order valence-corrected chi connectivity index (χ4v) is 6.33. The predicted molar refractivity (Wildman–Crippen MR) is 136 cm³/mol. The van der Waals surface area contributed by atoms with Gasteiger partial charge in [0, 0.05) is 45.7 Å². The quantitative estimate of drug-likeness (QED) is 0.434. The van der Waals surface area contributed by atoms with E-state index in [9.17, 15) is 17.6 Å². The van der Waals surface area contributed by atoms with Crippen LogP contribution in [0.25, 0.3) is 10.2 Å². The number of piperazine rings is 1. The Labute approximate surface area is 208 Å². The lowest BCUT2D eigenvalue weighted by Gasteiger charge is -2.34. The van der Waals surface area contributed by atoms with Crippen molar-refractivity contribution in [3.8, 4) is 5.75 Å².